The van der Waals surface area contributed by atoms with E-state index < -0.39 is 11.5 Å². The zero-order valence-electron chi connectivity index (χ0n) is 7.82. The van der Waals surface area contributed by atoms with Gasteiger partial charge in [-0.1, -0.05) is 6.92 Å². The maximum atomic E-state index is 9.81. The topological polar surface area (TPSA) is 57.2 Å². The van der Waals surface area contributed by atoms with Crippen molar-refractivity contribution in [3.8, 4) is 6.07 Å². The van der Waals surface area contributed by atoms with Crippen LogP contribution in [-0.4, -0.2) is 5.11 Å². The zero-order valence-corrected chi connectivity index (χ0v) is 7.82. The molecule has 1 heterocycles. The molecular formula is C10H13NO2. The van der Waals surface area contributed by atoms with Crippen molar-refractivity contribution in [3.63, 3.8) is 0 Å². The quantitative estimate of drug-likeness (QED) is 0.774. The molecule has 13 heavy (non-hydrogen) atoms. The summed E-state index contributed by atoms with van der Waals surface area (Å²) in [6.07, 6.45) is 1.23. The van der Waals surface area contributed by atoms with Crippen LogP contribution in [0.4, 0.5) is 0 Å². The van der Waals surface area contributed by atoms with E-state index in [4.69, 9.17) is 9.68 Å². The summed E-state index contributed by atoms with van der Waals surface area (Å²) >= 11 is 0. The molecule has 70 valence electrons. The molecule has 0 spiro atoms. The van der Waals surface area contributed by atoms with Crippen molar-refractivity contribution in [1.82, 2.24) is 0 Å². The lowest BCUT2D eigenvalue weighted by molar-refractivity contribution is 0.0524. The summed E-state index contributed by atoms with van der Waals surface area (Å²) in [5.74, 6) is 0.450. The number of rotatable bonds is 3. The van der Waals surface area contributed by atoms with Crippen molar-refractivity contribution >= 4 is 0 Å². The van der Waals surface area contributed by atoms with E-state index in [0.29, 0.717) is 12.2 Å². The van der Waals surface area contributed by atoms with Crippen LogP contribution in [0.5, 0.6) is 0 Å². The van der Waals surface area contributed by atoms with E-state index in [1.54, 1.807) is 19.1 Å². The normalized spacial score (nSPS) is 17.4. The molecule has 0 saturated carbocycles. The lowest BCUT2D eigenvalue weighted by Crippen LogP contribution is -2.22. The second-order valence-corrected chi connectivity index (χ2v) is 3.30. The van der Waals surface area contributed by atoms with Gasteiger partial charge in [-0.15, -0.1) is 0 Å². The minimum atomic E-state index is -0.850. The molecule has 0 bridgehead atoms. The van der Waals surface area contributed by atoms with Crippen molar-refractivity contribution < 1.29 is 9.52 Å². The average Bonchev–Trinajstić information content (AvgIpc) is 2.68. The van der Waals surface area contributed by atoms with E-state index in [9.17, 15) is 5.11 Å². The average molecular weight is 179 g/mol. The fraction of sp³-hybridized carbons (Fsp3) is 0.500. The number of hydrogen-bond donors (Lipinski definition) is 1. The van der Waals surface area contributed by atoms with Crippen molar-refractivity contribution in [3.05, 3.63) is 24.2 Å². The summed E-state index contributed by atoms with van der Waals surface area (Å²) in [4.78, 5) is 0. The Morgan fingerprint density at radius 1 is 1.77 bits per heavy atom. The lowest BCUT2D eigenvalue weighted by Gasteiger charge is -2.24. The maximum Gasteiger partial charge on any atom is 0.133 e. The molecule has 0 aromatic carbocycles. The summed E-state index contributed by atoms with van der Waals surface area (Å²) in [6.45, 7) is 3.59. The van der Waals surface area contributed by atoms with E-state index in [-0.39, 0.29) is 0 Å². The summed E-state index contributed by atoms with van der Waals surface area (Å²) in [5.41, 5.74) is -0.766. The van der Waals surface area contributed by atoms with Crippen LogP contribution < -0.4 is 0 Å². The van der Waals surface area contributed by atoms with Gasteiger partial charge in [0, 0.05) is 0 Å². The van der Waals surface area contributed by atoms with Crippen LogP contribution >= 0.6 is 0 Å². The molecule has 0 aliphatic rings. The van der Waals surface area contributed by atoms with E-state index in [0.717, 1.165) is 0 Å². The first kappa shape index (κ1) is 9.82. The fourth-order valence-corrected chi connectivity index (χ4v) is 1.09. The first-order valence-electron chi connectivity index (χ1n) is 4.26. The third kappa shape index (κ3) is 1.73. The van der Waals surface area contributed by atoms with E-state index in [2.05, 4.69) is 6.07 Å². The van der Waals surface area contributed by atoms with Crippen LogP contribution in [0.1, 0.15) is 32.1 Å². The molecule has 0 saturated heterocycles. The first-order valence-corrected chi connectivity index (χ1v) is 4.26. The molecule has 3 nitrogen and oxygen atoms in total. The minimum absolute atomic E-state index is 0.450. The molecule has 0 fully saturated rings. The molecule has 0 amide bonds. The predicted octanol–water partition coefficient (Wildman–Crippen LogP) is 2.25. The Morgan fingerprint density at radius 2 is 2.46 bits per heavy atom. The van der Waals surface area contributed by atoms with Crippen molar-refractivity contribution in [2.75, 3.05) is 0 Å². The van der Waals surface area contributed by atoms with Gasteiger partial charge in [-0.05, 0) is 25.5 Å². The standard InChI is InChI=1S/C10H13NO2/c1-3-10(2,7-11)9(12)8-5-4-6-13-8/h4-6,9,12H,3H2,1-2H3. The second-order valence-electron chi connectivity index (χ2n) is 3.30. The van der Waals surface area contributed by atoms with Gasteiger partial charge in [0.2, 0.25) is 0 Å². The van der Waals surface area contributed by atoms with Crippen LogP contribution in [0.2, 0.25) is 0 Å². The smallest absolute Gasteiger partial charge is 0.133 e. The van der Waals surface area contributed by atoms with Crippen LogP contribution in [0, 0.1) is 16.7 Å². The molecule has 1 aromatic heterocycles. The second kappa shape index (κ2) is 3.63. The van der Waals surface area contributed by atoms with Crippen LogP contribution in [0.3, 0.4) is 0 Å². The molecule has 3 heteroatoms. The van der Waals surface area contributed by atoms with Crippen molar-refractivity contribution in [2.45, 2.75) is 26.4 Å². The predicted molar refractivity (Wildman–Crippen MR) is 47.7 cm³/mol. The van der Waals surface area contributed by atoms with Gasteiger partial charge >= 0.3 is 0 Å². The highest BCUT2D eigenvalue weighted by atomic mass is 16.4. The van der Waals surface area contributed by atoms with Gasteiger partial charge in [-0.2, -0.15) is 5.26 Å². The highest BCUT2D eigenvalue weighted by Crippen LogP contribution is 2.35. The largest absolute Gasteiger partial charge is 0.467 e. The minimum Gasteiger partial charge on any atom is -0.467 e. The molecule has 1 aromatic rings. The van der Waals surface area contributed by atoms with Gasteiger partial charge in [-0.3, -0.25) is 0 Å². The molecule has 0 radical (unpaired) electrons. The highest BCUT2D eigenvalue weighted by Gasteiger charge is 2.34. The van der Waals surface area contributed by atoms with Gasteiger partial charge in [0.1, 0.15) is 11.9 Å². The number of aliphatic hydroxyl groups is 1. The molecular weight excluding hydrogens is 166 g/mol. The Kier molecular flexibility index (Phi) is 2.74. The van der Waals surface area contributed by atoms with E-state index >= 15 is 0 Å². The molecule has 2 atom stereocenters. The Labute approximate surface area is 77.6 Å². The Bertz CT molecular complexity index is 299. The summed E-state index contributed by atoms with van der Waals surface area (Å²) < 4.78 is 5.04. The molecule has 0 aliphatic carbocycles. The van der Waals surface area contributed by atoms with Gasteiger partial charge in [0.15, 0.2) is 0 Å². The van der Waals surface area contributed by atoms with Crippen molar-refractivity contribution in [2.24, 2.45) is 5.41 Å². The number of hydrogen-bond acceptors (Lipinski definition) is 3. The Morgan fingerprint density at radius 3 is 2.85 bits per heavy atom. The first-order chi connectivity index (χ1) is 6.14. The number of furan rings is 1. The van der Waals surface area contributed by atoms with Gasteiger partial charge in [-0.25, -0.2) is 0 Å². The van der Waals surface area contributed by atoms with Crippen LogP contribution in [0.15, 0.2) is 22.8 Å². The monoisotopic (exact) mass is 179 g/mol. The Hall–Kier alpha value is -1.27. The van der Waals surface area contributed by atoms with Crippen LogP contribution in [-0.2, 0) is 0 Å². The highest BCUT2D eigenvalue weighted by molar-refractivity contribution is 5.11. The van der Waals surface area contributed by atoms with Gasteiger partial charge < -0.3 is 9.52 Å². The number of nitrogens with zero attached hydrogens (tertiary/aromatic N) is 1. The van der Waals surface area contributed by atoms with E-state index in [1.165, 1.54) is 6.26 Å². The van der Waals surface area contributed by atoms with Crippen molar-refractivity contribution in [1.29, 1.82) is 5.26 Å². The zero-order chi connectivity index (χ0) is 9.90. The third-order valence-corrected chi connectivity index (χ3v) is 2.41. The van der Waals surface area contributed by atoms with Gasteiger partial charge in [0.25, 0.3) is 0 Å². The lowest BCUT2D eigenvalue weighted by atomic mass is 9.82. The molecule has 0 aliphatic heterocycles. The summed E-state index contributed by atoms with van der Waals surface area (Å²) in [5, 5.41) is 18.7. The fourth-order valence-electron chi connectivity index (χ4n) is 1.09. The molecule has 2 unspecified atom stereocenters. The van der Waals surface area contributed by atoms with Crippen LogP contribution in [0.25, 0.3) is 0 Å². The third-order valence-electron chi connectivity index (χ3n) is 2.41. The number of aliphatic hydroxyl groups excluding tert-OH is 1. The molecule has 1 rings (SSSR count). The Balaban J connectivity index is 2.90. The summed E-state index contributed by atoms with van der Waals surface area (Å²) in [6, 6.07) is 5.48. The number of nitriles is 1. The SMILES string of the molecule is CCC(C)(C#N)C(O)c1ccco1. The molecule has 1 N–H and O–H groups in total. The van der Waals surface area contributed by atoms with Gasteiger partial charge in [0.05, 0.1) is 17.7 Å². The maximum absolute atomic E-state index is 9.81. The van der Waals surface area contributed by atoms with E-state index in [1.807, 2.05) is 6.92 Å². The summed E-state index contributed by atoms with van der Waals surface area (Å²) in [7, 11) is 0.